The molecule has 31 heavy (non-hydrogen) atoms. The highest BCUT2D eigenvalue weighted by Gasteiger charge is 2.36. The number of halogens is 3. The number of Topliss-reactive ketones (excluding diaryl/α,β-unsaturated/α-hetero) is 1. The first kappa shape index (κ1) is 21.8. The Bertz CT molecular complexity index is 1150. The maximum atomic E-state index is 13.1. The van der Waals surface area contributed by atoms with Crippen molar-refractivity contribution in [3.05, 3.63) is 33.9 Å². The van der Waals surface area contributed by atoms with Crippen LogP contribution >= 0.6 is 23.1 Å². The van der Waals surface area contributed by atoms with Crippen molar-refractivity contribution < 1.29 is 22.8 Å². The lowest BCUT2D eigenvalue weighted by molar-refractivity contribution is -0.145. The zero-order chi connectivity index (χ0) is 22.3. The number of rotatable bonds is 7. The van der Waals surface area contributed by atoms with E-state index in [-0.39, 0.29) is 40.1 Å². The molecule has 1 unspecified atom stereocenters. The predicted octanol–water partition coefficient (Wildman–Crippen LogP) is 3.80. The fraction of sp³-hybridized carbons (Fsp3) is 0.421. The highest BCUT2D eigenvalue weighted by atomic mass is 32.2. The van der Waals surface area contributed by atoms with E-state index in [4.69, 9.17) is 0 Å². The van der Waals surface area contributed by atoms with Crippen LogP contribution in [0.25, 0.3) is 11.0 Å². The number of amides is 1. The molecule has 7 nitrogen and oxygen atoms in total. The van der Waals surface area contributed by atoms with Gasteiger partial charge in [0.25, 0.3) is 0 Å². The SMILES string of the molecule is CC(C(=O)NC1CC1)c1ccc(C(=O)CSc2nc(C(F)(F)F)nc3nn(C)cc23)s1. The Morgan fingerprint density at radius 1 is 1.32 bits per heavy atom. The average molecular weight is 470 g/mol. The number of thioether (sulfide) groups is 1. The summed E-state index contributed by atoms with van der Waals surface area (Å²) in [6, 6.07) is 3.64. The molecule has 1 atom stereocenters. The molecule has 0 radical (unpaired) electrons. The van der Waals surface area contributed by atoms with Gasteiger partial charge in [-0.1, -0.05) is 11.8 Å². The molecule has 1 N–H and O–H groups in total. The maximum absolute atomic E-state index is 13.1. The van der Waals surface area contributed by atoms with Crippen molar-refractivity contribution in [2.24, 2.45) is 7.05 Å². The van der Waals surface area contributed by atoms with Gasteiger partial charge in [0.1, 0.15) is 5.03 Å². The lowest BCUT2D eigenvalue weighted by Crippen LogP contribution is -2.29. The van der Waals surface area contributed by atoms with Gasteiger partial charge in [-0.15, -0.1) is 11.3 Å². The summed E-state index contributed by atoms with van der Waals surface area (Å²) in [4.78, 5) is 33.2. The second-order valence-corrected chi connectivity index (χ2v) is 9.39. The average Bonchev–Trinajstić information content (AvgIpc) is 3.23. The first-order valence-corrected chi connectivity index (χ1v) is 11.3. The van der Waals surface area contributed by atoms with Crippen LogP contribution in [0.5, 0.6) is 0 Å². The summed E-state index contributed by atoms with van der Waals surface area (Å²) in [5.41, 5.74) is -0.0753. The van der Waals surface area contributed by atoms with E-state index in [9.17, 15) is 22.8 Å². The second-order valence-electron chi connectivity index (χ2n) is 7.31. The van der Waals surface area contributed by atoms with Crippen molar-refractivity contribution in [3.63, 3.8) is 0 Å². The van der Waals surface area contributed by atoms with E-state index < -0.39 is 12.0 Å². The van der Waals surface area contributed by atoms with Crippen LogP contribution in [0.1, 0.15) is 46.1 Å². The number of alkyl halides is 3. The van der Waals surface area contributed by atoms with Gasteiger partial charge in [0.15, 0.2) is 11.4 Å². The molecule has 1 fully saturated rings. The summed E-state index contributed by atoms with van der Waals surface area (Å²) in [7, 11) is 1.57. The molecule has 164 valence electrons. The van der Waals surface area contributed by atoms with E-state index in [1.807, 2.05) is 0 Å². The highest BCUT2D eigenvalue weighted by molar-refractivity contribution is 8.00. The van der Waals surface area contributed by atoms with Crippen LogP contribution < -0.4 is 5.32 Å². The number of aryl methyl sites for hydroxylation is 1. The van der Waals surface area contributed by atoms with Crippen molar-refractivity contribution in [2.75, 3.05) is 5.75 Å². The van der Waals surface area contributed by atoms with E-state index >= 15 is 0 Å². The van der Waals surface area contributed by atoms with Gasteiger partial charge >= 0.3 is 6.18 Å². The van der Waals surface area contributed by atoms with Gasteiger partial charge in [0.05, 0.1) is 21.9 Å². The Morgan fingerprint density at radius 2 is 2.06 bits per heavy atom. The second kappa shape index (κ2) is 8.23. The molecule has 1 aliphatic carbocycles. The van der Waals surface area contributed by atoms with Crippen LogP contribution in [-0.4, -0.2) is 43.2 Å². The molecular weight excluding hydrogens is 451 g/mol. The van der Waals surface area contributed by atoms with E-state index in [1.165, 1.54) is 22.2 Å². The number of aromatic nitrogens is 4. The molecule has 0 spiro atoms. The zero-order valence-corrected chi connectivity index (χ0v) is 18.2. The molecule has 0 bridgehead atoms. The molecule has 0 aromatic carbocycles. The third-order valence-corrected chi connectivity index (χ3v) is 7.00. The normalized spacial score (nSPS) is 15.3. The molecule has 12 heteroatoms. The Morgan fingerprint density at radius 3 is 2.74 bits per heavy atom. The lowest BCUT2D eigenvalue weighted by Gasteiger charge is -2.09. The van der Waals surface area contributed by atoms with E-state index in [1.54, 1.807) is 26.1 Å². The van der Waals surface area contributed by atoms with Crippen LogP contribution in [0.3, 0.4) is 0 Å². The monoisotopic (exact) mass is 469 g/mol. The number of carbonyl (C=O) groups is 2. The maximum Gasteiger partial charge on any atom is 0.451 e. The Hall–Kier alpha value is -2.47. The van der Waals surface area contributed by atoms with Crippen molar-refractivity contribution in [1.82, 2.24) is 25.1 Å². The Labute approximate surface area is 183 Å². The molecule has 1 amide bonds. The Balaban J connectivity index is 1.48. The Kier molecular flexibility index (Phi) is 5.77. The quantitative estimate of drug-likeness (QED) is 0.322. The summed E-state index contributed by atoms with van der Waals surface area (Å²) in [6.07, 6.45) is -1.21. The van der Waals surface area contributed by atoms with E-state index in [0.717, 1.165) is 29.5 Å². The van der Waals surface area contributed by atoms with E-state index in [0.29, 0.717) is 10.3 Å². The first-order chi connectivity index (χ1) is 14.6. The number of nitrogens with one attached hydrogen (secondary N) is 1. The fourth-order valence-electron chi connectivity index (χ4n) is 2.85. The van der Waals surface area contributed by atoms with Gasteiger partial charge in [-0.05, 0) is 31.9 Å². The highest BCUT2D eigenvalue weighted by Crippen LogP contribution is 2.33. The molecule has 1 saturated carbocycles. The number of carbonyl (C=O) groups excluding carboxylic acids is 2. The molecule has 3 heterocycles. The summed E-state index contributed by atoms with van der Waals surface area (Å²) in [6.45, 7) is 1.78. The van der Waals surface area contributed by atoms with Crippen molar-refractivity contribution in [3.8, 4) is 0 Å². The van der Waals surface area contributed by atoms with Crippen LogP contribution in [0, 0.1) is 0 Å². The summed E-state index contributed by atoms with van der Waals surface area (Å²) in [5, 5.41) is 7.27. The molecule has 0 aliphatic heterocycles. The standard InChI is InChI=1S/C19H18F3N5O2S2/c1-9(16(29)23-10-3-4-10)13-5-6-14(31-13)12(28)8-30-17-11-7-27(2)26-15(11)24-18(25-17)19(20,21)22/h5-7,9-10H,3-4,8H2,1-2H3,(H,23,29). The van der Waals surface area contributed by atoms with Gasteiger partial charge < -0.3 is 5.32 Å². The molecule has 3 aromatic rings. The number of hydrogen-bond acceptors (Lipinski definition) is 7. The van der Waals surface area contributed by atoms with Crippen LogP contribution in [0.2, 0.25) is 0 Å². The summed E-state index contributed by atoms with van der Waals surface area (Å²) in [5.74, 6) is -2.08. The number of fused-ring (bicyclic) bond motifs is 1. The van der Waals surface area contributed by atoms with Gasteiger partial charge in [-0.2, -0.15) is 18.3 Å². The first-order valence-electron chi connectivity index (χ1n) is 9.46. The van der Waals surface area contributed by atoms with Crippen molar-refractivity contribution >= 4 is 45.8 Å². The minimum Gasteiger partial charge on any atom is -0.353 e. The molecule has 3 aromatic heterocycles. The minimum absolute atomic E-state index is 0.0488. The number of nitrogens with zero attached hydrogens (tertiary/aromatic N) is 4. The van der Waals surface area contributed by atoms with Crippen LogP contribution in [0.15, 0.2) is 23.4 Å². The molecule has 0 saturated heterocycles. The van der Waals surface area contributed by atoms with Gasteiger partial charge in [0.2, 0.25) is 11.7 Å². The summed E-state index contributed by atoms with van der Waals surface area (Å²) < 4.78 is 40.7. The smallest absolute Gasteiger partial charge is 0.353 e. The topological polar surface area (TPSA) is 89.8 Å². The zero-order valence-electron chi connectivity index (χ0n) is 16.6. The van der Waals surface area contributed by atoms with E-state index in [2.05, 4.69) is 20.4 Å². The minimum atomic E-state index is -4.72. The number of thiophene rings is 1. The van der Waals surface area contributed by atoms with Gasteiger partial charge in [-0.25, -0.2) is 9.97 Å². The third kappa shape index (κ3) is 4.90. The summed E-state index contributed by atoms with van der Waals surface area (Å²) >= 11 is 2.13. The number of hydrogen-bond donors (Lipinski definition) is 1. The van der Waals surface area contributed by atoms with Gasteiger partial charge in [-0.3, -0.25) is 14.3 Å². The number of ketones is 1. The largest absolute Gasteiger partial charge is 0.451 e. The predicted molar refractivity (Wildman–Crippen MR) is 110 cm³/mol. The fourth-order valence-corrected chi connectivity index (χ4v) is 4.81. The van der Waals surface area contributed by atoms with Gasteiger partial charge in [0, 0.05) is 24.2 Å². The van der Waals surface area contributed by atoms with Crippen LogP contribution in [0.4, 0.5) is 13.2 Å². The lowest BCUT2D eigenvalue weighted by atomic mass is 10.1. The third-order valence-electron chi connectivity index (χ3n) is 4.70. The molecule has 1 aliphatic rings. The van der Waals surface area contributed by atoms with Crippen LogP contribution in [-0.2, 0) is 18.0 Å². The molecule has 4 rings (SSSR count). The molecular formula is C19H18F3N5O2S2. The van der Waals surface area contributed by atoms with Crippen molar-refractivity contribution in [1.29, 1.82) is 0 Å². The van der Waals surface area contributed by atoms with Crippen molar-refractivity contribution in [2.45, 2.75) is 42.9 Å².